The maximum absolute atomic E-state index is 11.9. The van der Waals surface area contributed by atoms with Crippen molar-refractivity contribution in [3.05, 3.63) is 24.0 Å². The lowest BCUT2D eigenvalue weighted by molar-refractivity contribution is 0.147. The third-order valence-electron chi connectivity index (χ3n) is 2.37. The van der Waals surface area contributed by atoms with Crippen LogP contribution in [0, 0.1) is 12.8 Å². The van der Waals surface area contributed by atoms with E-state index in [4.69, 9.17) is 0 Å². The van der Waals surface area contributed by atoms with Crippen molar-refractivity contribution in [2.75, 3.05) is 5.75 Å². The first-order valence-electron chi connectivity index (χ1n) is 5.15. The van der Waals surface area contributed by atoms with E-state index in [-0.39, 0.29) is 16.6 Å². The highest BCUT2D eigenvalue weighted by Gasteiger charge is 2.22. The smallest absolute Gasteiger partial charge is 0.182 e. The lowest BCUT2D eigenvalue weighted by Gasteiger charge is -2.14. The molecule has 16 heavy (non-hydrogen) atoms. The van der Waals surface area contributed by atoms with Crippen molar-refractivity contribution in [3.8, 4) is 0 Å². The van der Waals surface area contributed by atoms with Crippen molar-refractivity contribution in [3.63, 3.8) is 0 Å². The highest BCUT2D eigenvalue weighted by atomic mass is 32.2. The summed E-state index contributed by atoms with van der Waals surface area (Å²) >= 11 is 0. The minimum Gasteiger partial charge on any atom is -0.392 e. The normalized spacial score (nSPS) is 14.1. The first-order valence-corrected chi connectivity index (χ1v) is 6.80. The number of sulfone groups is 1. The largest absolute Gasteiger partial charge is 0.392 e. The molecule has 4 nitrogen and oxygen atoms in total. The lowest BCUT2D eigenvalue weighted by atomic mass is 10.1. The molecule has 0 fully saturated rings. The molecule has 0 aliphatic rings. The first kappa shape index (κ1) is 13.1. The molecule has 1 atom stereocenters. The fourth-order valence-electron chi connectivity index (χ4n) is 1.21. The highest BCUT2D eigenvalue weighted by Crippen LogP contribution is 2.14. The van der Waals surface area contributed by atoms with Gasteiger partial charge in [-0.1, -0.05) is 13.8 Å². The number of hydrogen-bond acceptors (Lipinski definition) is 4. The van der Waals surface area contributed by atoms with E-state index in [1.807, 2.05) is 0 Å². The molecule has 0 aliphatic carbocycles. The van der Waals surface area contributed by atoms with E-state index in [0.29, 0.717) is 0 Å². The Labute approximate surface area is 96.3 Å². The molecule has 0 spiro atoms. The van der Waals surface area contributed by atoms with Gasteiger partial charge in [-0.25, -0.2) is 8.42 Å². The summed E-state index contributed by atoms with van der Waals surface area (Å²) in [6.45, 7) is 5.36. The Morgan fingerprint density at radius 2 is 2.00 bits per heavy atom. The van der Waals surface area contributed by atoms with E-state index in [0.717, 1.165) is 5.56 Å². The van der Waals surface area contributed by atoms with E-state index in [1.54, 1.807) is 33.0 Å². The van der Waals surface area contributed by atoms with Crippen LogP contribution >= 0.6 is 0 Å². The molecule has 0 aliphatic heterocycles. The Kier molecular flexibility index (Phi) is 4.04. The maximum atomic E-state index is 11.9. The Bertz CT molecular complexity index is 454. The molecule has 1 N–H and O–H groups in total. The van der Waals surface area contributed by atoms with Crippen LogP contribution in [0.15, 0.2) is 23.4 Å². The Balaban J connectivity index is 2.95. The van der Waals surface area contributed by atoms with Gasteiger partial charge in [0.15, 0.2) is 9.84 Å². The molecule has 0 bridgehead atoms. The third kappa shape index (κ3) is 3.28. The van der Waals surface area contributed by atoms with Gasteiger partial charge in [0.05, 0.1) is 16.8 Å². The number of aryl methyl sites for hydroxylation is 1. The van der Waals surface area contributed by atoms with E-state index in [2.05, 4.69) is 4.98 Å². The molecule has 0 radical (unpaired) electrons. The van der Waals surface area contributed by atoms with E-state index in [9.17, 15) is 13.5 Å². The molecule has 0 amide bonds. The first-order chi connectivity index (χ1) is 7.33. The average Bonchev–Trinajstić information content (AvgIpc) is 2.17. The summed E-state index contributed by atoms with van der Waals surface area (Å²) in [7, 11) is -3.44. The Hall–Kier alpha value is -0.940. The van der Waals surface area contributed by atoms with Crippen LogP contribution in [-0.4, -0.2) is 30.4 Å². The predicted octanol–water partition coefficient (Wildman–Crippen LogP) is 1.18. The van der Waals surface area contributed by atoms with Gasteiger partial charge in [0, 0.05) is 12.4 Å². The fourth-order valence-corrected chi connectivity index (χ4v) is 2.82. The average molecular weight is 243 g/mol. The zero-order valence-electron chi connectivity index (χ0n) is 9.71. The van der Waals surface area contributed by atoms with Crippen LogP contribution in [0.3, 0.4) is 0 Å². The van der Waals surface area contributed by atoms with Gasteiger partial charge in [-0.2, -0.15) is 0 Å². The van der Waals surface area contributed by atoms with Gasteiger partial charge in [0.2, 0.25) is 0 Å². The second kappa shape index (κ2) is 4.93. The fraction of sp³-hybridized carbons (Fsp3) is 0.545. The van der Waals surface area contributed by atoms with Gasteiger partial charge in [-0.3, -0.25) is 4.98 Å². The number of hydrogen-bond donors (Lipinski definition) is 1. The number of aliphatic hydroxyl groups excluding tert-OH is 1. The summed E-state index contributed by atoms with van der Waals surface area (Å²) in [4.78, 5) is 4.02. The van der Waals surface area contributed by atoms with Crippen molar-refractivity contribution >= 4 is 9.84 Å². The van der Waals surface area contributed by atoms with E-state index < -0.39 is 15.9 Å². The molecule has 0 saturated carbocycles. The molecule has 0 saturated heterocycles. The van der Waals surface area contributed by atoms with Crippen LogP contribution < -0.4 is 0 Å². The summed E-state index contributed by atoms with van der Waals surface area (Å²) in [5, 5.41) is 9.59. The molecule has 0 aromatic carbocycles. The zero-order chi connectivity index (χ0) is 12.3. The standard InChI is InChI=1S/C11H17NO3S/c1-8(2)11(13)7-16(14,15)10-4-9(3)5-12-6-10/h4-6,8,11,13H,7H2,1-3H3. The zero-order valence-corrected chi connectivity index (χ0v) is 10.5. The van der Waals surface area contributed by atoms with Crippen molar-refractivity contribution in [2.24, 2.45) is 5.92 Å². The number of nitrogens with zero attached hydrogens (tertiary/aromatic N) is 1. The molecule has 5 heteroatoms. The summed E-state index contributed by atoms with van der Waals surface area (Å²) in [6, 6.07) is 1.56. The second-order valence-corrected chi connectivity index (χ2v) is 6.33. The van der Waals surface area contributed by atoms with Gasteiger partial charge in [0.25, 0.3) is 0 Å². The number of pyridine rings is 1. The molecule has 1 unspecified atom stereocenters. The number of aromatic nitrogens is 1. The quantitative estimate of drug-likeness (QED) is 0.862. The van der Waals surface area contributed by atoms with Crippen molar-refractivity contribution in [2.45, 2.75) is 31.8 Å². The SMILES string of the molecule is Cc1cncc(S(=O)(=O)CC(O)C(C)C)c1. The molecule has 90 valence electrons. The summed E-state index contributed by atoms with van der Waals surface area (Å²) in [5.74, 6) is -0.331. The van der Waals surface area contributed by atoms with Gasteiger partial charge in [0.1, 0.15) is 0 Å². The Morgan fingerprint density at radius 1 is 1.38 bits per heavy atom. The second-order valence-electron chi connectivity index (χ2n) is 4.29. The van der Waals surface area contributed by atoms with Crippen molar-refractivity contribution in [1.29, 1.82) is 0 Å². The summed E-state index contributed by atoms with van der Waals surface area (Å²) < 4.78 is 23.8. The monoisotopic (exact) mass is 243 g/mol. The van der Waals surface area contributed by atoms with E-state index in [1.165, 1.54) is 6.20 Å². The maximum Gasteiger partial charge on any atom is 0.182 e. The van der Waals surface area contributed by atoms with Crippen LogP contribution in [0.4, 0.5) is 0 Å². The minimum absolute atomic E-state index is 0.0763. The molecule has 1 heterocycles. The predicted molar refractivity (Wildman–Crippen MR) is 61.9 cm³/mol. The Morgan fingerprint density at radius 3 is 2.50 bits per heavy atom. The summed E-state index contributed by atoms with van der Waals surface area (Å²) in [6.07, 6.45) is 2.07. The van der Waals surface area contributed by atoms with Gasteiger partial charge in [-0.05, 0) is 24.5 Å². The van der Waals surface area contributed by atoms with Crippen LogP contribution in [0.1, 0.15) is 19.4 Å². The van der Waals surface area contributed by atoms with Gasteiger partial charge < -0.3 is 5.11 Å². The van der Waals surface area contributed by atoms with E-state index >= 15 is 0 Å². The van der Waals surface area contributed by atoms with Crippen molar-refractivity contribution < 1.29 is 13.5 Å². The number of rotatable bonds is 4. The molecule has 1 aromatic heterocycles. The summed E-state index contributed by atoms with van der Waals surface area (Å²) in [5.41, 5.74) is 0.792. The van der Waals surface area contributed by atoms with Gasteiger partial charge >= 0.3 is 0 Å². The van der Waals surface area contributed by atoms with Gasteiger partial charge in [-0.15, -0.1) is 0 Å². The van der Waals surface area contributed by atoms with Crippen LogP contribution in [0.5, 0.6) is 0 Å². The van der Waals surface area contributed by atoms with Crippen molar-refractivity contribution in [1.82, 2.24) is 4.98 Å². The highest BCUT2D eigenvalue weighted by molar-refractivity contribution is 7.91. The lowest BCUT2D eigenvalue weighted by Crippen LogP contribution is -2.25. The molecular formula is C11H17NO3S. The third-order valence-corrected chi connectivity index (χ3v) is 4.09. The van der Waals surface area contributed by atoms with Crippen LogP contribution in [0.25, 0.3) is 0 Å². The molecule has 1 rings (SSSR count). The molecule has 1 aromatic rings. The number of aliphatic hydroxyl groups is 1. The van der Waals surface area contributed by atoms with Crippen LogP contribution in [-0.2, 0) is 9.84 Å². The molecular weight excluding hydrogens is 226 g/mol. The topological polar surface area (TPSA) is 67.3 Å². The minimum atomic E-state index is -3.44. The van der Waals surface area contributed by atoms with Crippen LogP contribution in [0.2, 0.25) is 0 Å².